The van der Waals surface area contributed by atoms with Gasteiger partial charge in [0, 0.05) is 6.54 Å². The highest BCUT2D eigenvalue weighted by atomic mass is 16.6. The van der Waals surface area contributed by atoms with E-state index >= 15 is 0 Å². The molecular formula is C26H51NO11. The third-order valence-corrected chi connectivity index (χ3v) is 4.40. The molecule has 0 aliphatic rings. The zero-order valence-electron chi connectivity index (χ0n) is 23.3. The molecule has 0 spiro atoms. The average Bonchev–Trinajstić information content (AvgIpc) is 2.93. The maximum absolute atomic E-state index is 5.45. The Kier molecular flexibility index (Phi) is 35.2. The van der Waals surface area contributed by atoms with E-state index in [1.165, 1.54) is 0 Å². The molecule has 0 saturated heterocycles. The van der Waals surface area contributed by atoms with Crippen LogP contribution in [0.3, 0.4) is 0 Å². The van der Waals surface area contributed by atoms with E-state index in [-0.39, 0.29) is 0 Å². The highest BCUT2D eigenvalue weighted by molar-refractivity contribution is 4.82. The normalized spacial score (nSPS) is 11.3. The molecule has 0 rings (SSSR count). The van der Waals surface area contributed by atoms with Crippen LogP contribution in [-0.4, -0.2) is 159 Å². The quantitative estimate of drug-likeness (QED) is 0.0856. The van der Waals surface area contributed by atoms with Crippen LogP contribution in [0.1, 0.15) is 0 Å². The Bertz CT molecular complexity index is 469. The van der Waals surface area contributed by atoms with Gasteiger partial charge in [0.05, 0.1) is 139 Å². The SMILES string of the molecule is C#CCOCCOCCOCCOCCOCCOCCOCCOCCOCCOCCOCCNC. The fraction of sp³-hybridized carbons (Fsp3) is 0.923. The van der Waals surface area contributed by atoms with Gasteiger partial charge >= 0.3 is 0 Å². The van der Waals surface area contributed by atoms with E-state index in [1.54, 1.807) is 0 Å². The van der Waals surface area contributed by atoms with Crippen LogP contribution in [0.15, 0.2) is 0 Å². The van der Waals surface area contributed by atoms with Crippen molar-refractivity contribution in [3.8, 4) is 12.3 Å². The first-order valence-corrected chi connectivity index (χ1v) is 13.3. The van der Waals surface area contributed by atoms with E-state index in [2.05, 4.69) is 11.2 Å². The number of rotatable bonds is 34. The van der Waals surface area contributed by atoms with Crippen molar-refractivity contribution in [3.63, 3.8) is 0 Å². The number of terminal acetylenes is 1. The zero-order chi connectivity index (χ0) is 27.5. The highest BCUT2D eigenvalue weighted by Gasteiger charge is 1.96. The molecule has 0 aromatic heterocycles. The minimum atomic E-state index is 0.310. The molecule has 38 heavy (non-hydrogen) atoms. The average molecular weight is 554 g/mol. The van der Waals surface area contributed by atoms with Crippen molar-refractivity contribution < 1.29 is 52.1 Å². The second-order valence-corrected chi connectivity index (χ2v) is 7.48. The fourth-order valence-corrected chi connectivity index (χ4v) is 2.50. The van der Waals surface area contributed by atoms with Crippen LogP contribution in [0.25, 0.3) is 0 Å². The van der Waals surface area contributed by atoms with Crippen molar-refractivity contribution in [2.45, 2.75) is 0 Å². The van der Waals surface area contributed by atoms with E-state index < -0.39 is 0 Å². The minimum absolute atomic E-state index is 0.310. The Balaban J connectivity index is 3.01. The highest BCUT2D eigenvalue weighted by Crippen LogP contribution is 1.86. The molecule has 226 valence electrons. The molecule has 0 fully saturated rings. The molecule has 0 radical (unpaired) electrons. The van der Waals surface area contributed by atoms with Crippen molar-refractivity contribution in [2.75, 3.05) is 159 Å². The molecule has 12 heteroatoms. The van der Waals surface area contributed by atoms with E-state index in [4.69, 9.17) is 58.5 Å². The summed E-state index contributed by atoms with van der Waals surface area (Å²) < 4.78 is 59.2. The van der Waals surface area contributed by atoms with Crippen LogP contribution < -0.4 is 5.32 Å². The van der Waals surface area contributed by atoms with Gasteiger partial charge in [-0.2, -0.15) is 0 Å². The minimum Gasteiger partial charge on any atom is -0.378 e. The first-order chi connectivity index (χ1) is 18.9. The number of likely N-dealkylation sites (N-methyl/N-ethyl adjacent to an activating group) is 1. The lowest BCUT2D eigenvalue weighted by molar-refractivity contribution is -0.0272. The van der Waals surface area contributed by atoms with Gasteiger partial charge in [-0.1, -0.05) is 5.92 Å². The molecule has 0 amide bonds. The zero-order valence-corrected chi connectivity index (χ0v) is 23.3. The van der Waals surface area contributed by atoms with Crippen LogP contribution in [0.4, 0.5) is 0 Å². The Morgan fingerprint density at radius 2 is 0.579 bits per heavy atom. The van der Waals surface area contributed by atoms with Gasteiger partial charge in [0.2, 0.25) is 0 Å². The second kappa shape index (κ2) is 36.1. The molecule has 0 saturated carbocycles. The maximum atomic E-state index is 5.45. The molecule has 0 aliphatic heterocycles. The number of hydrogen-bond acceptors (Lipinski definition) is 12. The van der Waals surface area contributed by atoms with Crippen LogP contribution >= 0.6 is 0 Å². The molecule has 0 aliphatic carbocycles. The molecule has 0 unspecified atom stereocenters. The molecule has 0 atom stereocenters. The summed E-state index contributed by atoms with van der Waals surface area (Å²) in [6.07, 6.45) is 5.07. The summed E-state index contributed by atoms with van der Waals surface area (Å²) in [6, 6.07) is 0. The van der Waals surface area contributed by atoms with Gasteiger partial charge in [-0.25, -0.2) is 0 Å². The Morgan fingerprint density at radius 3 is 0.789 bits per heavy atom. The third kappa shape index (κ3) is 35.1. The molecular weight excluding hydrogens is 502 g/mol. The van der Waals surface area contributed by atoms with Crippen molar-refractivity contribution in [2.24, 2.45) is 0 Å². The summed E-state index contributed by atoms with van der Waals surface area (Å²) in [5, 5.41) is 3.02. The molecule has 0 aromatic rings. The number of nitrogens with one attached hydrogen (secondary N) is 1. The molecule has 1 N–H and O–H groups in total. The monoisotopic (exact) mass is 553 g/mol. The fourth-order valence-electron chi connectivity index (χ4n) is 2.50. The van der Waals surface area contributed by atoms with Crippen LogP contribution in [0.2, 0.25) is 0 Å². The van der Waals surface area contributed by atoms with Crippen molar-refractivity contribution >= 4 is 0 Å². The van der Waals surface area contributed by atoms with Gasteiger partial charge in [-0.15, -0.1) is 6.42 Å². The predicted molar refractivity (Wildman–Crippen MR) is 142 cm³/mol. The smallest absolute Gasteiger partial charge is 0.107 e. The second-order valence-electron chi connectivity index (χ2n) is 7.48. The first-order valence-electron chi connectivity index (χ1n) is 13.3. The largest absolute Gasteiger partial charge is 0.378 e. The molecule has 0 bridgehead atoms. The van der Waals surface area contributed by atoms with E-state index in [0.29, 0.717) is 145 Å². The number of hydrogen-bond donors (Lipinski definition) is 1. The lowest BCUT2D eigenvalue weighted by Gasteiger charge is -2.09. The standard InChI is InChI=1S/C26H51NO11/c1-3-5-28-7-9-30-11-13-32-15-17-34-19-21-36-23-25-38-26-24-37-22-20-35-18-16-33-14-12-31-10-8-29-6-4-27-2/h1,27H,4-26H2,2H3. The van der Waals surface area contributed by atoms with Gasteiger partial charge in [-0.05, 0) is 7.05 Å². The van der Waals surface area contributed by atoms with Gasteiger partial charge in [0.15, 0.2) is 0 Å². The summed E-state index contributed by atoms with van der Waals surface area (Å²) in [4.78, 5) is 0. The lowest BCUT2D eigenvalue weighted by atomic mass is 10.6. The van der Waals surface area contributed by atoms with Crippen molar-refractivity contribution in [3.05, 3.63) is 0 Å². The molecule has 12 nitrogen and oxygen atoms in total. The van der Waals surface area contributed by atoms with Crippen LogP contribution in [-0.2, 0) is 52.1 Å². The Labute approximate surface area is 229 Å². The van der Waals surface area contributed by atoms with Crippen LogP contribution in [0, 0.1) is 12.3 Å². The van der Waals surface area contributed by atoms with Crippen molar-refractivity contribution in [1.82, 2.24) is 5.32 Å². The third-order valence-electron chi connectivity index (χ3n) is 4.40. The number of ether oxygens (including phenoxy) is 11. The molecule has 0 aromatic carbocycles. The maximum Gasteiger partial charge on any atom is 0.107 e. The van der Waals surface area contributed by atoms with Gasteiger partial charge in [-0.3, -0.25) is 0 Å². The Morgan fingerprint density at radius 1 is 0.368 bits per heavy atom. The molecule has 0 heterocycles. The van der Waals surface area contributed by atoms with Crippen LogP contribution in [0.5, 0.6) is 0 Å². The van der Waals surface area contributed by atoms with Gasteiger partial charge in [0.25, 0.3) is 0 Å². The summed E-state index contributed by atoms with van der Waals surface area (Å²) in [5.74, 6) is 2.40. The lowest BCUT2D eigenvalue weighted by Crippen LogP contribution is -2.17. The van der Waals surface area contributed by atoms with E-state index in [1.807, 2.05) is 7.05 Å². The predicted octanol–water partition coefficient (Wildman–Crippen LogP) is 0.0216. The first kappa shape index (κ1) is 37.1. The summed E-state index contributed by atoms with van der Waals surface area (Å²) in [5.41, 5.74) is 0. The van der Waals surface area contributed by atoms with E-state index in [0.717, 1.165) is 6.54 Å². The summed E-state index contributed by atoms with van der Waals surface area (Å²) >= 11 is 0. The van der Waals surface area contributed by atoms with E-state index in [9.17, 15) is 0 Å². The summed E-state index contributed by atoms with van der Waals surface area (Å²) in [6.45, 7) is 12.4. The van der Waals surface area contributed by atoms with Crippen molar-refractivity contribution in [1.29, 1.82) is 0 Å². The van der Waals surface area contributed by atoms with Gasteiger partial charge in [0.1, 0.15) is 6.61 Å². The topological polar surface area (TPSA) is 114 Å². The Hall–Kier alpha value is -0.920. The summed E-state index contributed by atoms with van der Waals surface area (Å²) in [7, 11) is 1.89. The van der Waals surface area contributed by atoms with Gasteiger partial charge < -0.3 is 57.4 Å².